The number of benzene rings is 2. The summed E-state index contributed by atoms with van der Waals surface area (Å²) in [7, 11) is 3.30. The van der Waals surface area contributed by atoms with Crippen molar-refractivity contribution in [2.24, 2.45) is 0 Å². The van der Waals surface area contributed by atoms with E-state index in [0.29, 0.717) is 12.8 Å². The number of carbonyl (C=O) groups is 3. The predicted octanol–water partition coefficient (Wildman–Crippen LogP) is 1.79. The Hall–Kier alpha value is -3.15. The van der Waals surface area contributed by atoms with Gasteiger partial charge in [0.1, 0.15) is 0 Å². The van der Waals surface area contributed by atoms with Gasteiger partial charge in [-0.15, -0.1) is 0 Å². The Morgan fingerprint density at radius 2 is 1.68 bits per heavy atom. The van der Waals surface area contributed by atoms with Crippen LogP contribution in [0, 0.1) is 0 Å². The Kier molecular flexibility index (Phi) is 5.78. The molecule has 2 N–H and O–H groups in total. The van der Waals surface area contributed by atoms with Crippen molar-refractivity contribution in [2.45, 2.75) is 24.7 Å². The second kappa shape index (κ2) is 8.25. The van der Waals surface area contributed by atoms with Crippen molar-refractivity contribution >= 4 is 23.4 Å². The Morgan fingerprint density at radius 1 is 1.00 bits per heavy atom. The zero-order valence-electron chi connectivity index (χ0n) is 16.2. The quantitative estimate of drug-likeness (QED) is 0.770. The van der Waals surface area contributed by atoms with E-state index in [2.05, 4.69) is 10.6 Å². The van der Waals surface area contributed by atoms with Crippen molar-refractivity contribution in [3.05, 3.63) is 65.7 Å². The van der Waals surface area contributed by atoms with E-state index in [1.807, 2.05) is 54.6 Å². The van der Waals surface area contributed by atoms with Gasteiger partial charge in [0.15, 0.2) is 0 Å². The number of amides is 3. The predicted molar refractivity (Wildman–Crippen MR) is 108 cm³/mol. The summed E-state index contributed by atoms with van der Waals surface area (Å²) in [5, 5.41) is 5.08. The van der Waals surface area contributed by atoms with E-state index in [1.54, 1.807) is 11.9 Å². The second-order valence-electron chi connectivity index (χ2n) is 7.08. The van der Waals surface area contributed by atoms with Crippen LogP contribution in [-0.4, -0.2) is 38.4 Å². The molecule has 28 heavy (non-hydrogen) atoms. The molecule has 0 bridgehead atoms. The number of nitrogens with one attached hydrogen (secondary N) is 2. The molecule has 1 aliphatic heterocycles. The van der Waals surface area contributed by atoms with Gasteiger partial charge in [0, 0.05) is 26.2 Å². The van der Waals surface area contributed by atoms with Crippen LogP contribution >= 0.6 is 0 Å². The van der Waals surface area contributed by atoms with Crippen LogP contribution in [0.5, 0.6) is 0 Å². The zero-order valence-corrected chi connectivity index (χ0v) is 16.2. The van der Waals surface area contributed by atoms with E-state index in [0.717, 1.165) is 16.8 Å². The minimum Gasteiger partial charge on any atom is -0.358 e. The number of hydrogen-bond donors (Lipinski definition) is 2. The summed E-state index contributed by atoms with van der Waals surface area (Å²) in [4.78, 5) is 38.7. The van der Waals surface area contributed by atoms with Crippen LogP contribution in [-0.2, 0) is 26.2 Å². The summed E-state index contributed by atoms with van der Waals surface area (Å²) < 4.78 is 0. The van der Waals surface area contributed by atoms with Gasteiger partial charge in [0.25, 0.3) is 0 Å². The van der Waals surface area contributed by atoms with E-state index >= 15 is 0 Å². The molecule has 1 aliphatic rings. The summed E-state index contributed by atoms with van der Waals surface area (Å²) >= 11 is 0. The Bertz CT molecular complexity index is 882. The number of para-hydroxylation sites is 1. The molecule has 3 amide bonds. The van der Waals surface area contributed by atoms with E-state index in [1.165, 1.54) is 7.05 Å². The zero-order chi connectivity index (χ0) is 20.1. The maximum absolute atomic E-state index is 13.3. The number of nitrogens with zero attached hydrogens (tertiary/aromatic N) is 1. The number of hydrogen-bond acceptors (Lipinski definition) is 3. The molecule has 1 heterocycles. The first kappa shape index (κ1) is 19.6. The van der Waals surface area contributed by atoms with Gasteiger partial charge in [-0.1, -0.05) is 48.5 Å². The summed E-state index contributed by atoms with van der Waals surface area (Å²) in [6.07, 6.45) is 1.07. The first-order chi connectivity index (χ1) is 13.5. The van der Waals surface area contributed by atoms with Gasteiger partial charge < -0.3 is 15.5 Å². The molecule has 6 heteroatoms. The van der Waals surface area contributed by atoms with Crippen molar-refractivity contribution in [3.8, 4) is 0 Å². The molecular weight excluding hydrogens is 354 g/mol. The Morgan fingerprint density at radius 3 is 2.39 bits per heavy atom. The maximum Gasteiger partial charge on any atom is 0.239 e. The highest BCUT2D eigenvalue weighted by Gasteiger charge is 2.49. The maximum atomic E-state index is 13.3. The molecule has 0 aromatic heterocycles. The van der Waals surface area contributed by atoms with Gasteiger partial charge in [-0.3, -0.25) is 14.4 Å². The molecule has 1 unspecified atom stereocenters. The monoisotopic (exact) mass is 379 g/mol. The summed E-state index contributed by atoms with van der Waals surface area (Å²) in [5.74, 6) is -0.498. The van der Waals surface area contributed by atoms with Crippen LogP contribution in [0.1, 0.15) is 24.0 Å². The van der Waals surface area contributed by atoms with Crippen molar-refractivity contribution < 1.29 is 14.4 Å². The van der Waals surface area contributed by atoms with E-state index < -0.39 is 5.41 Å². The summed E-state index contributed by atoms with van der Waals surface area (Å²) in [6, 6.07) is 17.6. The molecule has 2 aromatic carbocycles. The largest absolute Gasteiger partial charge is 0.358 e. The lowest BCUT2D eigenvalue weighted by Gasteiger charge is -2.28. The molecule has 1 atom stereocenters. The Labute approximate surface area is 164 Å². The highest BCUT2D eigenvalue weighted by molar-refractivity contribution is 6.08. The number of fused-ring (bicyclic) bond motifs is 1. The fourth-order valence-corrected chi connectivity index (χ4v) is 3.84. The number of rotatable bonds is 7. The third-order valence-electron chi connectivity index (χ3n) is 5.35. The van der Waals surface area contributed by atoms with Gasteiger partial charge in [0.05, 0.1) is 12.0 Å². The molecule has 0 radical (unpaired) electrons. The minimum absolute atomic E-state index is 0.00310. The van der Waals surface area contributed by atoms with Crippen molar-refractivity contribution in [1.82, 2.24) is 10.6 Å². The van der Waals surface area contributed by atoms with Gasteiger partial charge in [0.2, 0.25) is 17.7 Å². The highest BCUT2D eigenvalue weighted by Crippen LogP contribution is 2.46. The molecule has 6 nitrogen and oxygen atoms in total. The molecule has 0 fully saturated rings. The smallest absolute Gasteiger partial charge is 0.239 e. The Balaban J connectivity index is 1.87. The van der Waals surface area contributed by atoms with Crippen molar-refractivity contribution in [3.63, 3.8) is 0 Å². The lowest BCUT2D eigenvalue weighted by atomic mass is 9.73. The molecule has 3 rings (SSSR count). The molecule has 2 aromatic rings. The van der Waals surface area contributed by atoms with E-state index in [4.69, 9.17) is 0 Å². The first-order valence-electron chi connectivity index (χ1n) is 9.37. The van der Waals surface area contributed by atoms with Gasteiger partial charge in [-0.25, -0.2) is 0 Å². The number of likely N-dealkylation sites (N-methyl/N-ethyl adjacent to an activating group) is 2. The SMILES string of the molecule is CNC(=O)CNC(=O)CCC1(Cc2ccccc2)C(=O)N(C)c2ccccc21. The van der Waals surface area contributed by atoms with Crippen LogP contribution in [0.15, 0.2) is 54.6 Å². The average Bonchev–Trinajstić information content (AvgIpc) is 2.93. The van der Waals surface area contributed by atoms with Crippen LogP contribution < -0.4 is 15.5 Å². The first-order valence-corrected chi connectivity index (χ1v) is 9.37. The van der Waals surface area contributed by atoms with Crippen LogP contribution in [0.25, 0.3) is 0 Å². The number of anilines is 1. The van der Waals surface area contributed by atoms with Crippen LogP contribution in [0.3, 0.4) is 0 Å². The topological polar surface area (TPSA) is 78.5 Å². The normalized spacial score (nSPS) is 17.9. The molecule has 0 saturated carbocycles. The molecule has 146 valence electrons. The average molecular weight is 379 g/mol. The third-order valence-corrected chi connectivity index (χ3v) is 5.35. The van der Waals surface area contributed by atoms with E-state index in [-0.39, 0.29) is 30.7 Å². The third kappa shape index (κ3) is 3.76. The van der Waals surface area contributed by atoms with Gasteiger partial charge >= 0.3 is 0 Å². The lowest BCUT2D eigenvalue weighted by Crippen LogP contribution is -2.42. The second-order valence-corrected chi connectivity index (χ2v) is 7.08. The fraction of sp³-hybridized carbons (Fsp3) is 0.318. The molecule has 0 aliphatic carbocycles. The summed E-state index contributed by atoms with van der Waals surface area (Å²) in [6.45, 7) is -0.0640. The van der Waals surface area contributed by atoms with Gasteiger partial charge in [-0.2, -0.15) is 0 Å². The summed E-state index contributed by atoms with van der Waals surface area (Å²) in [5.41, 5.74) is 2.09. The van der Waals surface area contributed by atoms with Crippen molar-refractivity contribution in [2.75, 3.05) is 25.5 Å². The molecule has 0 spiro atoms. The number of carbonyl (C=O) groups excluding carboxylic acids is 3. The lowest BCUT2D eigenvalue weighted by molar-refractivity contribution is -0.127. The fourth-order valence-electron chi connectivity index (χ4n) is 3.84. The molecular formula is C22H25N3O3. The standard InChI is InChI=1S/C22H25N3O3/c1-23-20(27)15-24-19(26)12-13-22(14-16-8-4-3-5-9-16)17-10-6-7-11-18(17)25(2)21(22)28/h3-11H,12-15H2,1-2H3,(H,23,27)(H,24,26). The van der Waals surface area contributed by atoms with E-state index in [9.17, 15) is 14.4 Å². The molecule has 0 saturated heterocycles. The van der Waals surface area contributed by atoms with Crippen LogP contribution in [0.4, 0.5) is 5.69 Å². The minimum atomic E-state index is -0.795. The van der Waals surface area contributed by atoms with Crippen LogP contribution in [0.2, 0.25) is 0 Å². The highest BCUT2D eigenvalue weighted by atomic mass is 16.2. The van der Waals surface area contributed by atoms with Crippen molar-refractivity contribution in [1.29, 1.82) is 0 Å². The van der Waals surface area contributed by atoms with Gasteiger partial charge in [-0.05, 0) is 30.0 Å².